The summed E-state index contributed by atoms with van der Waals surface area (Å²) < 4.78 is 50.3. The van der Waals surface area contributed by atoms with E-state index in [2.05, 4.69) is 10.0 Å². The van der Waals surface area contributed by atoms with Crippen molar-refractivity contribution in [1.29, 1.82) is 0 Å². The first-order valence-corrected chi connectivity index (χ1v) is 10.7. The highest BCUT2D eigenvalue weighted by Gasteiger charge is 2.22. The molecule has 1 saturated heterocycles. The Morgan fingerprint density at radius 3 is 2.59 bits per heavy atom. The summed E-state index contributed by atoms with van der Waals surface area (Å²) in [5, 5.41) is 3.23. The molecule has 0 spiro atoms. The van der Waals surface area contributed by atoms with E-state index in [0.717, 1.165) is 38.1 Å². The predicted molar refractivity (Wildman–Crippen MR) is 85.4 cm³/mol. The van der Waals surface area contributed by atoms with E-state index < -0.39 is 19.9 Å². The van der Waals surface area contributed by atoms with Crippen LogP contribution in [0.1, 0.15) is 19.3 Å². The molecular formula is C13H19ClN2O4S2. The summed E-state index contributed by atoms with van der Waals surface area (Å²) in [6.45, 7) is 1.12. The Kier molecular flexibility index (Phi) is 5.50. The van der Waals surface area contributed by atoms with E-state index in [-0.39, 0.29) is 27.4 Å². The van der Waals surface area contributed by atoms with E-state index in [1.807, 2.05) is 0 Å². The molecule has 2 rings (SSSR count). The highest BCUT2D eigenvalue weighted by Crippen LogP contribution is 2.24. The average Bonchev–Trinajstić information content (AvgIpc) is 2.45. The summed E-state index contributed by atoms with van der Waals surface area (Å²) in [6.07, 6.45) is 4.07. The summed E-state index contributed by atoms with van der Waals surface area (Å²) in [6, 6.07) is 3.75. The van der Waals surface area contributed by atoms with Crippen LogP contribution >= 0.6 is 11.6 Å². The van der Waals surface area contributed by atoms with Crippen molar-refractivity contribution in [1.82, 2.24) is 10.0 Å². The van der Waals surface area contributed by atoms with Crippen LogP contribution in [0.15, 0.2) is 28.0 Å². The summed E-state index contributed by atoms with van der Waals surface area (Å²) >= 11 is 5.92. The van der Waals surface area contributed by atoms with Crippen LogP contribution in [0.25, 0.3) is 0 Å². The van der Waals surface area contributed by atoms with Crippen LogP contribution in [-0.4, -0.2) is 42.2 Å². The Morgan fingerprint density at radius 2 is 2.00 bits per heavy atom. The monoisotopic (exact) mass is 366 g/mol. The molecule has 9 heteroatoms. The van der Waals surface area contributed by atoms with Crippen LogP contribution in [0, 0.1) is 0 Å². The van der Waals surface area contributed by atoms with E-state index in [4.69, 9.17) is 11.6 Å². The molecule has 1 atom stereocenters. The highest BCUT2D eigenvalue weighted by molar-refractivity contribution is 7.91. The lowest BCUT2D eigenvalue weighted by atomic mass is 10.1. The maximum Gasteiger partial charge on any atom is 0.242 e. The molecule has 2 N–H and O–H groups in total. The van der Waals surface area contributed by atoms with Crippen LogP contribution in [0.3, 0.4) is 0 Å². The smallest absolute Gasteiger partial charge is 0.242 e. The molecule has 1 aromatic carbocycles. The third-order valence-corrected chi connectivity index (χ3v) is 6.57. The van der Waals surface area contributed by atoms with Crippen molar-refractivity contribution in [2.75, 3.05) is 19.3 Å². The zero-order valence-electron chi connectivity index (χ0n) is 12.2. The normalized spacial score (nSPS) is 20.0. The lowest BCUT2D eigenvalue weighted by molar-refractivity contribution is 0.398. The van der Waals surface area contributed by atoms with Gasteiger partial charge in [0.05, 0.1) is 9.92 Å². The molecule has 1 unspecified atom stereocenters. The molecule has 1 fully saturated rings. The number of sulfonamides is 1. The minimum atomic E-state index is -3.86. The van der Waals surface area contributed by atoms with Gasteiger partial charge in [-0.2, -0.15) is 0 Å². The number of rotatable bonds is 5. The summed E-state index contributed by atoms with van der Waals surface area (Å²) in [5.41, 5.74) is 0. The van der Waals surface area contributed by atoms with Gasteiger partial charge in [-0.3, -0.25) is 0 Å². The quantitative estimate of drug-likeness (QED) is 0.815. The topological polar surface area (TPSA) is 92.3 Å². The van der Waals surface area contributed by atoms with E-state index in [0.29, 0.717) is 0 Å². The van der Waals surface area contributed by atoms with Crippen LogP contribution in [0.2, 0.25) is 5.02 Å². The van der Waals surface area contributed by atoms with Crippen molar-refractivity contribution in [3.05, 3.63) is 23.2 Å². The molecule has 0 aromatic heterocycles. The standard InChI is InChI=1S/C13H19ClN2O4S2/c1-21(17,18)11-5-6-12(14)13(8-11)22(19,20)16-9-10-4-2-3-7-15-10/h5-6,8,10,15-16H,2-4,7,9H2,1H3. The van der Waals surface area contributed by atoms with Crippen molar-refractivity contribution < 1.29 is 16.8 Å². The third-order valence-electron chi connectivity index (χ3n) is 3.55. The SMILES string of the molecule is CS(=O)(=O)c1ccc(Cl)c(S(=O)(=O)NCC2CCCCN2)c1. The number of benzene rings is 1. The Bertz CT molecular complexity index is 741. The van der Waals surface area contributed by atoms with Gasteiger partial charge in [-0.15, -0.1) is 0 Å². The van der Waals surface area contributed by atoms with Crippen LogP contribution in [-0.2, 0) is 19.9 Å². The molecule has 0 amide bonds. The first-order valence-electron chi connectivity index (χ1n) is 6.93. The molecule has 1 heterocycles. The van der Waals surface area contributed by atoms with Crippen molar-refractivity contribution in [2.45, 2.75) is 35.1 Å². The van der Waals surface area contributed by atoms with Crippen molar-refractivity contribution in [3.63, 3.8) is 0 Å². The largest absolute Gasteiger partial charge is 0.313 e. The van der Waals surface area contributed by atoms with Crippen molar-refractivity contribution in [3.8, 4) is 0 Å². The van der Waals surface area contributed by atoms with Gasteiger partial charge in [-0.1, -0.05) is 18.0 Å². The Morgan fingerprint density at radius 1 is 1.27 bits per heavy atom. The number of nitrogens with one attached hydrogen (secondary N) is 2. The van der Waals surface area contributed by atoms with E-state index in [9.17, 15) is 16.8 Å². The van der Waals surface area contributed by atoms with Crippen molar-refractivity contribution >= 4 is 31.5 Å². The minimum Gasteiger partial charge on any atom is -0.313 e. The maximum atomic E-state index is 12.4. The van der Waals surface area contributed by atoms with Crippen molar-refractivity contribution in [2.24, 2.45) is 0 Å². The molecule has 0 radical (unpaired) electrons. The molecule has 6 nitrogen and oxygen atoms in total. The van der Waals surface area contributed by atoms with Gasteiger partial charge in [0.2, 0.25) is 10.0 Å². The lowest BCUT2D eigenvalue weighted by Gasteiger charge is -2.23. The Hall–Kier alpha value is -0.670. The molecule has 1 aliphatic heterocycles. The highest BCUT2D eigenvalue weighted by atomic mass is 35.5. The Balaban J connectivity index is 2.21. The molecule has 124 valence electrons. The Labute approximate surface area is 136 Å². The molecule has 1 aromatic rings. The zero-order valence-corrected chi connectivity index (χ0v) is 14.6. The predicted octanol–water partition coefficient (Wildman–Crippen LogP) is 1.16. The number of piperidine rings is 1. The number of halogens is 1. The summed E-state index contributed by atoms with van der Waals surface area (Å²) in [4.78, 5) is -0.291. The van der Waals surface area contributed by atoms with Gasteiger partial charge in [-0.25, -0.2) is 21.6 Å². The molecule has 22 heavy (non-hydrogen) atoms. The molecular weight excluding hydrogens is 348 g/mol. The third kappa shape index (κ3) is 4.42. The maximum absolute atomic E-state index is 12.4. The lowest BCUT2D eigenvalue weighted by Crippen LogP contribution is -2.43. The van der Waals surface area contributed by atoms with Gasteiger partial charge in [0.15, 0.2) is 9.84 Å². The second-order valence-electron chi connectivity index (χ2n) is 5.36. The fourth-order valence-corrected chi connectivity index (χ4v) is 4.63. The van der Waals surface area contributed by atoms with Gasteiger partial charge in [0.1, 0.15) is 4.90 Å². The van der Waals surface area contributed by atoms with E-state index in [1.54, 1.807) is 0 Å². The summed E-state index contributed by atoms with van der Waals surface area (Å²) in [5.74, 6) is 0. The second kappa shape index (κ2) is 6.84. The zero-order chi connectivity index (χ0) is 16.4. The minimum absolute atomic E-state index is 0.00324. The molecule has 0 bridgehead atoms. The average molecular weight is 367 g/mol. The van der Waals surface area contributed by atoms with Gasteiger partial charge in [-0.05, 0) is 37.6 Å². The van der Waals surface area contributed by atoms with Gasteiger partial charge < -0.3 is 5.32 Å². The second-order valence-corrected chi connectivity index (χ2v) is 9.52. The molecule has 1 aliphatic rings. The molecule has 0 saturated carbocycles. The first kappa shape index (κ1) is 17.7. The van der Waals surface area contributed by atoms with Crippen LogP contribution < -0.4 is 10.0 Å². The van der Waals surface area contributed by atoms with E-state index >= 15 is 0 Å². The van der Waals surface area contributed by atoms with Crippen LogP contribution in [0.4, 0.5) is 0 Å². The number of hydrogen-bond donors (Lipinski definition) is 2. The number of hydrogen-bond acceptors (Lipinski definition) is 5. The summed E-state index contributed by atoms with van der Waals surface area (Å²) in [7, 11) is -7.36. The van der Waals surface area contributed by atoms with Crippen LogP contribution in [0.5, 0.6) is 0 Å². The van der Waals surface area contributed by atoms with Gasteiger partial charge >= 0.3 is 0 Å². The fourth-order valence-electron chi connectivity index (χ4n) is 2.31. The number of sulfone groups is 1. The van der Waals surface area contributed by atoms with Gasteiger partial charge in [0, 0.05) is 18.8 Å². The fraction of sp³-hybridized carbons (Fsp3) is 0.538. The van der Waals surface area contributed by atoms with Gasteiger partial charge in [0.25, 0.3) is 0 Å². The van der Waals surface area contributed by atoms with E-state index in [1.165, 1.54) is 12.1 Å². The first-order chi connectivity index (χ1) is 10.2. The molecule has 0 aliphatic carbocycles.